The third-order valence-electron chi connectivity index (χ3n) is 4.96. The second-order valence-corrected chi connectivity index (χ2v) is 6.72. The predicted molar refractivity (Wildman–Crippen MR) is 93.2 cm³/mol. The zero-order chi connectivity index (χ0) is 16.8. The molecule has 2 aliphatic heterocycles. The fraction of sp³-hybridized carbons (Fsp3) is 0.632. The Balaban J connectivity index is 1.35. The van der Waals surface area contributed by atoms with E-state index < -0.39 is 0 Å². The Bertz CT molecular complexity index is 518. The van der Waals surface area contributed by atoms with E-state index in [0.717, 1.165) is 51.3 Å². The van der Waals surface area contributed by atoms with Gasteiger partial charge in [0.15, 0.2) is 0 Å². The van der Waals surface area contributed by atoms with E-state index >= 15 is 0 Å². The van der Waals surface area contributed by atoms with Crippen molar-refractivity contribution in [3.05, 3.63) is 29.8 Å². The van der Waals surface area contributed by atoms with Crippen molar-refractivity contribution in [1.29, 1.82) is 0 Å². The van der Waals surface area contributed by atoms with E-state index in [0.29, 0.717) is 25.7 Å². The molecule has 2 heterocycles. The Morgan fingerprint density at radius 3 is 2.46 bits per heavy atom. The highest BCUT2D eigenvalue weighted by molar-refractivity contribution is 5.79. The van der Waals surface area contributed by atoms with Crippen LogP contribution in [0.3, 0.4) is 0 Å². The Kier molecular flexibility index (Phi) is 6.10. The van der Waals surface area contributed by atoms with Gasteiger partial charge in [-0.05, 0) is 45.0 Å². The Labute approximate surface area is 144 Å². The first kappa shape index (κ1) is 17.2. The van der Waals surface area contributed by atoms with Crippen LogP contribution in [0, 0.1) is 12.8 Å². The minimum absolute atomic E-state index is 0.192. The summed E-state index contributed by atoms with van der Waals surface area (Å²) in [5, 5.41) is 0. The molecule has 5 nitrogen and oxygen atoms in total. The van der Waals surface area contributed by atoms with E-state index in [-0.39, 0.29) is 5.92 Å². The SMILES string of the molecule is Cc1ccc(OCCN2CCC(C(=O)N3CCOCC3)CC2)cc1. The molecule has 0 N–H and O–H groups in total. The molecular formula is C19H28N2O3. The van der Waals surface area contributed by atoms with Crippen molar-refractivity contribution in [2.45, 2.75) is 19.8 Å². The lowest BCUT2D eigenvalue weighted by Gasteiger charge is -2.35. The second kappa shape index (κ2) is 8.49. The number of hydrogen-bond acceptors (Lipinski definition) is 4. The molecule has 2 saturated heterocycles. The molecule has 1 aromatic carbocycles. The van der Waals surface area contributed by atoms with Crippen LogP contribution in [0.5, 0.6) is 5.75 Å². The number of ether oxygens (including phenoxy) is 2. The summed E-state index contributed by atoms with van der Waals surface area (Å²) in [6, 6.07) is 8.17. The maximum absolute atomic E-state index is 12.5. The number of amides is 1. The number of nitrogens with zero attached hydrogens (tertiary/aromatic N) is 2. The summed E-state index contributed by atoms with van der Waals surface area (Å²) in [6.07, 6.45) is 1.92. The van der Waals surface area contributed by atoms with Gasteiger partial charge in [-0.25, -0.2) is 0 Å². The van der Waals surface area contributed by atoms with Crippen molar-refractivity contribution in [1.82, 2.24) is 9.80 Å². The summed E-state index contributed by atoms with van der Waals surface area (Å²) in [4.78, 5) is 16.9. The fourth-order valence-electron chi connectivity index (χ4n) is 3.37. The van der Waals surface area contributed by atoms with E-state index in [4.69, 9.17) is 9.47 Å². The number of carbonyl (C=O) groups is 1. The average Bonchev–Trinajstić information content (AvgIpc) is 2.64. The normalized spacial score (nSPS) is 20.1. The van der Waals surface area contributed by atoms with Gasteiger partial charge in [0.25, 0.3) is 0 Å². The van der Waals surface area contributed by atoms with Crippen molar-refractivity contribution < 1.29 is 14.3 Å². The summed E-state index contributed by atoms with van der Waals surface area (Å²) in [7, 11) is 0. The Morgan fingerprint density at radius 1 is 1.12 bits per heavy atom. The first-order valence-corrected chi connectivity index (χ1v) is 9.01. The molecule has 2 aliphatic rings. The maximum Gasteiger partial charge on any atom is 0.225 e. The molecule has 0 aromatic heterocycles. The van der Waals surface area contributed by atoms with E-state index in [9.17, 15) is 4.79 Å². The summed E-state index contributed by atoms with van der Waals surface area (Å²) in [5.41, 5.74) is 1.24. The lowest BCUT2D eigenvalue weighted by Crippen LogP contribution is -2.47. The highest BCUT2D eigenvalue weighted by Crippen LogP contribution is 2.20. The Hall–Kier alpha value is -1.59. The molecule has 0 saturated carbocycles. The average molecular weight is 332 g/mol. The molecule has 0 unspecified atom stereocenters. The van der Waals surface area contributed by atoms with Gasteiger partial charge in [-0.2, -0.15) is 0 Å². The van der Waals surface area contributed by atoms with Crippen LogP contribution in [0.1, 0.15) is 18.4 Å². The number of rotatable bonds is 5. The summed E-state index contributed by atoms with van der Waals surface area (Å²) in [5.74, 6) is 1.45. The minimum Gasteiger partial charge on any atom is -0.492 e. The lowest BCUT2D eigenvalue weighted by molar-refractivity contribution is -0.141. The van der Waals surface area contributed by atoms with Gasteiger partial charge in [-0.15, -0.1) is 0 Å². The van der Waals surface area contributed by atoms with E-state index in [1.807, 2.05) is 17.0 Å². The molecule has 0 radical (unpaired) electrons. The third-order valence-corrected chi connectivity index (χ3v) is 4.96. The highest BCUT2D eigenvalue weighted by atomic mass is 16.5. The molecule has 0 spiro atoms. The number of carbonyl (C=O) groups excluding carboxylic acids is 1. The molecule has 5 heteroatoms. The van der Waals surface area contributed by atoms with Gasteiger partial charge >= 0.3 is 0 Å². The fourth-order valence-corrected chi connectivity index (χ4v) is 3.37. The van der Waals surface area contributed by atoms with Crippen LogP contribution >= 0.6 is 0 Å². The largest absolute Gasteiger partial charge is 0.492 e. The topological polar surface area (TPSA) is 42.0 Å². The summed E-state index contributed by atoms with van der Waals surface area (Å²) < 4.78 is 11.1. The second-order valence-electron chi connectivity index (χ2n) is 6.72. The van der Waals surface area contributed by atoms with Crippen LogP contribution in [0.2, 0.25) is 0 Å². The summed E-state index contributed by atoms with van der Waals surface area (Å²) in [6.45, 7) is 8.54. The van der Waals surface area contributed by atoms with Gasteiger partial charge in [0.1, 0.15) is 12.4 Å². The van der Waals surface area contributed by atoms with Crippen LogP contribution in [-0.2, 0) is 9.53 Å². The van der Waals surface area contributed by atoms with Crippen LogP contribution < -0.4 is 4.74 Å². The van der Waals surface area contributed by atoms with E-state index in [2.05, 4.69) is 24.0 Å². The van der Waals surface area contributed by atoms with Gasteiger partial charge in [0.2, 0.25) is 5.91 Å². The van der Waals surface area contributed by atoms with Gasteiger partial charge in [-0.3, -0.25) is 9.69 Å². The van der Waals surface area contributed by atoms with Gasteiger partial charge in [0, 0.05) is 25.6 Å². The zero-order valence-corrected chi connectivity index (χ0v) is 14.6. The zero-order valence-electron chi connectivity index (χ0n) is 14.6. The molecule has 0 atom stereocenters. The van der Waals surface area contributed by atoms with Crippen molar-refractivity contribution >= 4 is 5.91 Å². The van der Waals surface area contributed by atoms with Crippen molar-refractivity contribution in [3.63, 3.8) is 0 Å². The highest BCUT2D eigenvalue weighted by Gasteiger charge is 2.29. The molecule has 3 rings (SSSR count). The van der Waals surface area contributed by atoms with Gasteiger partial charge in [-0.1, -0.05) is 17.7 Å². The molecular weight excluding hydrogens is 304 g/mol. The van der Waals surface area contributed by atoms with E-state index in [1.54, 1.807) is 0 Å². The Morgan fingerprint density at radius 2 is 1.79 bits per heavy atom. The van der Waals surface area contributed by atoms with Crippen LogP contribution in [0.25, 0.3) is 0 Å². The molecule has 1 aromatic rings. The number of benzene rings is 1. The number of piperidine rings is 1. The monoisotopic (exact) mass is 332 g/mol. The van der Waals surface area contributed by atoms with Gasteiger partial charge < -0.3 is 14.4 Å². The standard InChI is InChI=1S/C19H28N2O3/c1-16-2-4-18(5-3-16)24-15-10-20-8-6-17(7-9-20)19(22)21-11-13-23-14-12-21/h2-5,17H,6-15H2,1H3. The maximum atomic E-state index is 12.5. The van der Waals surface area contributed by atoms with Crippen LogP contribution in [0.4, 0.5) is 0 Å². The molecule has 0 aliphatic carbocycles. The predicted octanol–water partition coefficient (Wildman–Crippen LogP) is 1.94. The number of morpholine rings is 1. The van der Waals surface area contributed by atoms with Crippen molar-refractivity contribution in [2.75, 3.05) is 52.5 Å². The molecule has 24 heavy (non-hydrogen) atoms. The first-order chi connectivity index (χ1) is 11.7. The molecule has 1 amide bonds. The summed E-state index contributed by atoms with van der Waals surface area (Å²) >= 11 is 0. The van der Waals surface area contributed by atoms with Gasteiger partial charge in [0.05, 0.1) is 13.2 Å². The first-order valence-electron chi connectivity index (χ1n) is 9.01. The third kappa shape index (κ3) is 4.71. The molecule has 132 valence electrons. The molecule has 0 bridgehead atoms. The molecule has 2 fully saturated rings. The minimum atomic E-state index is 0.192. The van der Waals surface area contributed by atoms with E-state index in [1.165, 1.54) is 5.56 Å². The number of hydrogen-bond donors (Lipinski definition) is 0. The lowest BCUT2D eigenvalue weighted by atomic mass is 9.95. The number of likely N-dealkylation sites (tertiary alicyclic amines) is 1. The number of aryl methyl sites for hydroxylation is 1. The van der Waals surface area contributed by atoms with Crippen LogP contribution in [-0.4, -0.2) is 68.3 Å². The quantitative estimate of drug-likeness (QED) is 0.826. The smallest absolute Gasteiger partial charge is 0.225 e. The van der Waals surface area contributed by atoms with Crippen LogP contribution in [0.15, 0.2) is 24.3 Å². The van der Waals surface area contributed by atoms with Crippen molar-refractivity contribution in [2.24, 2.45) is 5.92 Å². The van der Waals surface area contributed by atoms with Crippen molar-refractivity contribution in [3.8, 4) is 5.75 Å².